The van der Waals surface area contributed by atoms with Gasteiger partial charge in [-0.15, -0.1) is 0 Å². The molecule has 1 aromatic rings. The maximum absolute atomic E-state index is 5.88. The molecule has 1 saturated heterocycles. The molecule has 0 spiro atoms. The Morgan fingerprint density at radius 2 is 2.27 bits per heavy atom. The third kappa shape index (κ3) is 2.24. The van der Waals surface area contributed by atoms with E-state index in [1.165, 1.54) is 0 Å². The molecule has 4 heteroatoms. The molecule has 0 amide bonds. The second kappa shape index (κ2) is 4.37. The van der Waals surface area contributed by atoms with Gasteiger partial charge in [-0.25, -0.2) is 4.98 Å². The minimum Gasteiger partial charge on any atom is -0.375 e. The van der Waals surface area contributed by atoms with E-state index in [9.17, 15) is 0 Å². The molecule has 1 fully saturated rings. The van der Waals surface area contributed by atoms with Gasteiger partial charge in [-0.3, -0.25) is 0 Å². The monoisotopic (exact) mass is 226 g/mol. The molecule has 1 aromatic heterocycles. The quantitative estimate of drug-likeness (QED) is 0.688. The van der Waals surface area contributed by atoms with Crippen LogP contribution in [0.1, 0.15) is 13.8 Å². The first-order valence-corrected chi connectivity index (χ1v) is 5.57. The van der Waals surface area contributed by atoms with Crippen LogP contribution in [-0.2, 0) is 4.74 Å². The minimum atomic E-state index is 0.236. The van der Waals surface area contributed by atoms with E-state index in [1.54, 1.807) is 6.07 Å². The summed E-state index contributed by atoms with van der Waals surface area (Å²) in [7, 11) is 0. The number of hydrogen-bond donors (Lipinski definition) is 0. The molecule has 15 heavy (non-hydrogen) atoms. The highest BCUT2D eigenvalue weighted by molar-refractivity contribution is 6.29. The Labute approximate surface area is 95.0 Å². The number of hydrogen-bond acceptors (Lipinski definition) is 3. The van der Waals surface area contributed by atoms with Crippen molar-refractivity contribution in [2.24, 2.45) is 0 Å². The van der Waals surface area contributed by atoms with Crippen LogP contribution in [0.15, 0.2) is 18.2 Å². The Morgan fingerprint density at radius 3 is 3.00 bits per heavy atom. The largest absolute Gasteiger partial charge is 0.375 e. The molecule has 0 aliphatic carbocycles. The van der Waals surface area contributed by atoms with Crippen molar-refractivity contribution < 1.29 is 4.74 Å². The van der Waals surface area contributed by atoms with Crippen molar-refractivity contribution in [3.8, 4) is 0 Å². The number of morpholine rings is 1. The third-order valence-electron chi connectivity index (χ3n) is 2.88. The minimum absolute atomic E-state index is 0.236. The standard InChI is InChI=1S/C11H15ClN2O/c1-8-9(2)15-7-6-14(8)11-5-3-4-10(12)13-11/h3-5,8-9H,6-7H2,1-2H3. The van der Waals surface area contributed by atoms with Crippen LogP contribution in [0.5, 0.6) is 0 Å². The molecular weight excluding hydrogens is 212 g/mol. The fourth-order valence-corrected chi connectivity index (χ4v) is 1.97. The lowest BCUT2D eigenvalue weighted by Gasteiger charge is -2.38. The van der Waals surface area contributed by atoms with E-state index in [0.29, 0.717) is 11.2 Å². The van der Waals surface area contributed by atoms with Crippen molar-refractivity contribution in [2.75, 3.05) is 18.1 Å². The summed E-state index contributed by atoms with van der Waals surface area (Å²) in [6, 6.07) is 6.04. The molecule has 1 aliphatic rings. The number of aromatic nitrogens is 1. The summed E-state index contributed by atoms with van der Waals surface area (Å²) >= 11 is 5.88. The number of anilines is 1. The van der Waals surface area contributed by atoms with Gasteiger partial charge < -0.3 is 9.64 Å². The summed E-state index contributed by atoms with van der Waals surface area (Å²) < 4.78 is 5.57. The first-order chi connectivity index (χ1) is 7.18. The van der Waals surface area contributed by atoms with E-state index in [-0.39, 0.29) is 6.10 Å². The molecular formula is C11H15ClN2O. The van der Waals surface area contributed by atoms with Crippen LogP contribution in [-0.4, -0.2) is 30.3 Å². The highest BCUT2D eigenvalue weighted by atomic mass is 35.5. The van der Waals surface area contributed by atoms with Gasteiger partial charge >= 0.3 is 0 Å². The second-order valence-corrected chi connectivity index (χ2v) is 4.22. The van der Waals surface area contributed by atoms with E-state index >= 15 is 0 Å². The Balaban J connectivity index is 2.22. The topological polar surface area (TPSA) is 25.4 Å². The zero-order chi connectivity index (χ0) is 10.8. The summed E-state index contributed by atoms with van der Waals surface area (Å²) in [6.45, 7) is 5.85. The van der Waals surface area contributed by atoms with Crippen molar-refractivity contribution in [1.29, 1.82) is 0 Å². The Morgan fingerprint density at radius 1 is 1.47 bits per heavy atom. The lowest BCUT2D eigenvalue weighted by atomic mass is 10.1. The molecule has 1 aliphatic heterocycles. The van der Waals surface area contributed by atoms with E-state index in [1.807, 2.05) is 12.1 Å². The molecule has 0 radical (unpaired) electrons. The van der Waals surface area contributed by atoms with Gasteiger partial charge in [0.15, 0.2) is 0 Å². The smallest absolute Gasteiger partial charge is 0.131 e. The fourth-order valence-electron chi connectivity index (χ4n) is 1.81. The predicted molar refractivity (Wildman–Crippen MR) is 61.5 cm³/mol. The van der Waals surface area contributed by atoms with E-state index < -0.39 is 0 Å². The molecule has 3 nitrogen and oxygen atoms in total. The second-order valence-electron chi connectivity index (χ2n) is 3.83. The number of rotatable bonds is 1. The molecule has 0 N–H and O–H groups in total. The van der Waals surface area contributed by atoms with Crippen molar-refractivity contribution in [1.82, 2.24) is 4.98 Å². The van der Waals surface area contributed by atoms with Gasteiger partial charge in [-0.2, -0.15) is 0 Å². The molecule has 2 unspecified atom stereocenters. The Kier molecular flexibility index (Phi) is 3.12. The molecule has 2 rings (SSSR count). The summed E-state index contributed by atoms with van der Waals surface area (Å²) in [5, 5.41) is 0.541. The third-order valence-corrected chi connectivity index (χ3v) is 3.09. The van der Waals surface area contributed by atoms with Crippen LogP contribution in [0, 0.1) is 0 Å². The van der Waals surface area contributed by atoms with Gasteiger partial charge in [0.1, 0.15) is 11.0 Å². The van der Waals surface area contributed by atoms with Gasteiger partial charge in [0.05, 0.1) is 18.8 Å². The lowest BCUT2D eigenvalue weighted by Crippen LogP contribution is -2.48. The zero-order valence-electron chi connectivity index (χ0n) is 8.98. The van der Waals surface area contributed by atoms with Gasteiger partial charge in [0.25, 0.3) is 0 Å². The van der Waals surface area contributed by atoms with Crippen LogP contribution in [0.2, 0.25) is 5.15 Å². The van der Waals surface area contributed by atoms with Gasteiger partial charge in [-0.1, -0.05) is 17.7 Å². The maximum Gasteiger partial charge on any atom is 0.131 e. The molecule has 0 bridgehead atoms. The zero-order valence-corrected chi connectivity index (χ0v) is 9.74. The van der Waals surface area contributed by atoms with Crippen LogP contribution in [0.25, 0.3) is 0 Å². The first-order valence-electron chi connectivity index (χ1n) is 5.19. The first kappa shape index (κ1) is 10.7. The predicted octanol–water partition coefficient (Wildman–Crippen LogP) is 2.35. The Hall–Kier alpha value is -0.800. The maximum atomic E-state index is 5.88. The molecule has 0 aromatic carbocycles. The van der Waals surface area contributed by atoms with Crippen molar-refractivity contribution >= 4 is 17.4 Å². The lowest BCUT2D eigenvalue weighted by molar-refractivity contribution is 0.0281. The van der Waals surface area contributed by atoms with Gasteiger partial charge in [0, 0.05) is 6.54 Å². The average molecular weight is 227 g/mol. The SMILES string of the molecule is CC1OCCN(c2cccc(Cl)n2)C1C. The van der Waals surface area contributed by atoms with E-state index in [0.717, 1.165) is 19.0 Å². The molecule has 2 atom stereocenters. The highest BCUT2D eigenvalue weighted by Gasteiger charge is 2.26. The molecule has 82 valence electrons. The highest BCUT2D eigenvalue weighted by Crippen LogP contribution is 2.21. The number of halogens is 1. The number of nitrogens with zero attached hydrogens (tertiary/aromatic N) is 2. The molecule has 2 heterocycles. The number of pyridine rings is 1. The summed E-state index contributed by atoms with van der Waals surface area (Å²) in [6.07, 6.45) is 0.236. The summed E-state index contributed by atoms with van der Waals surface area (Å²) in [4.78, 5) is 6.55. The van der Waals surface area contributed by atoms with Gasteiger partial charge in [0.2, 0.25) is 0 Å². The fraction of sp³-hybridized carbons (Fsp3) is 0.545. The molecule has 0 saturated carbocycles. The summed E-state index contributed by atoms with van der Waals surface area (Å²) in [5.74, 6) is 0.935. The van der Waals surface area contributed by atoms with Crippen LogP contribution < -0.4 is 4.90 Å². The van der Waals surface area contributed by atoms with Crippen LogP contribution in [0.4, 0.5) is 5.82 Å². The van der Waals surface area contributed by atoms with E-state index in [2.05, 4.69) is 23.7 Å². The van der Waals surface area contributed by atoms with Crippen LogP contribution in [0.3, 0.4) is 0 Å². The summed E-state index contributed by atoms with van der Waals surface area (Å²) in [5.41, 5.74) is 0. The van der Waals surface area contributed by atoms with Crippen molar-refractivity contribution in [3.05, 3.63) is 23.4 Å². The number of ether oxygens (including phenoxy) is 1. The van der Waals surface area contributed by atoms with Crippen molar-refractivity contribution in [3.63, 3.8) is 0 Å². The Bertz CT molecular complexity index is 345. The van der Waals surface area contributed by atoms with Crippen molar-refractivity contribution in [2.45, 2.75) is 26.0 Å². The average Bonchev–Trinajstić information content (AvgIpc) is 2.22. The normalized spacial score (nSPS) is 26.7. The van der Waals surface area contributed by atoms with Gasteiger partial charge in [-0.05, 0) is 26.0 Å². The van der Waals surface area contributed by atoms with Crippen LogP contribution >= 0.6 is 11.6 Å². The van der Waals surface area contributed by atoms with E-state index in [4.69, 9.17) is 16.3 Å².